The number of unbranched alkanes of at least 4 members (excludes halogenated alkanes) is 1. The number of hydrogen-bond donors (Lipinski definition) is 1. The van der Waals surface area contributed by atoms with Crippen molar-refractivity contribution in [1.82, 2.24) is 9.36 Å². The van der Waals surface area contributed by atoms with Gasteiger partial charge in [0.15, 0.2) is 0 Å². The molecule has 0 saturated carbocycles. The number of halogens is 1. The fourth-order valence-electron chi connectivity index (χ4n) is 0.666. The average molecular weight is 192 g/mol. The zero-order valence-electron chi connectivity index (χ0n) is 6.09. The van der Waals surface area contributed by atoms with Crippen LogP contribution in [0.4, 0.5) is 5.13 Å². The van der Waals surface area contributed by atoms with Gasteiger partial charge in [-0.2, -0.15) is 4.37 Å². The Morgan fingerprint density at radius 2 is 2.45 bits per heavy atom. The fourth-order valence-corrected chi connectivity index (χ4v) is 1.31. The zero-order valence-corrected chi connectivity index (χ0v) is 7.66. The Bertz CT molecular complexity index is 178. The van der Waals surface area contributed by atoms with Crippen LogP contribution in [0, 0.1) is 0 Å². The maximum absolute atomic E-state index is 5.51. The highest BCUT2D eigenvalue weighted by Gasteiger charge is 1.92. The van der Waals surface area contributed by atoms with Gasteiger partial charge in [0.1, 0.15) is 6.33 Å². The fraction of sp³-hybridized carbons (Fsp3) is 0.667. The van der Waals surface area contributed by atoms with E-state index >= 15 is 0 Å². The molecular formula is C6H10ClN3S. The zero-order chi connectivity index (χ0) is 7.94. The summed E-state index contributed by atoms with van der Waals surface area (Å²) in [6, 6.07) is 0. The topological polar surface area (TPSA) is 37.8 Å². The second kappa shape index (κ2) is 5.32. The van der Waals surface area contributed by atoms with Gasteiger partial charge in [-0.05, 0) is 12.8 Å². The molecule has 0 amide bonds. The second-order valence-electron chi connectivity index (χ2n) is 2.07. The van der Waals surface area contributed by atoms with Gasteiger partial charge in [0.2, 0.25) is 5.13 Å². The molecular weight excluding hydrogens is 182 g/mol. The number of aromatic nitrogens is 2. The van der Waals surface area contributed by atoms with E-state index in [0.29, 0.717) is 0 Å². The van der Waals surface area contributed by atoms with Crippen molar-refractivity contribution >= 4 is 28.3 Å². The molecule has 3 nitrogen and oxygen atoms in total. The van der Waals surface area contributed by atoms with Crippen LogP contribution in [-0.4, -0.2) is 21.8 Å². The highest BCUT2D eigenvalue weighted by molar-refractivity contribution is 7.09. The lowest BCUT2D eigenvalue weighted by Gasteiger charge is -1.98. The van der Waals surface area contributed by atoms with Crippen LogP contribution in [0.25, 0.3) is 0 Å². The number of hydrogen-bond acceptors (Lipinski definition) is 4. The third-order valence-corrected chi connectivity index (χ3v) is 2.09. The van der Waals surface area contributed by atoms with E-state index in [0.717, 1.165) is 30.4 Å². The number of anilines is 1. The maximum Gasteiger partial charge on any atom is 0.202 e. The summed E-state index contributed by atoms with van der Waals surface area (Å²) in [6.45, 7) is 0.932. The normalized spacial score (nSPS) is 9.91. The van der Waals surface area contributed by atoms with Crippen LogP contribution in [0.3, 0.4) is 0 Å². The van der Waals surface area contributed by atoms with Gasteiger partial charge < -0.3 is 5.32 Å². The molecule has 0 aliphatic heterocycles. The lowest BCUT2D eigenvalue weighted by molar-refractivity contribution is 0.838. The van der Waals surface area contributed by atoms with E-state index in [1.165, 1.54) is 11.5 Å². The molecule has 11 heavy (non-hydrogen) atoms. The molecule has 1 aromatic heterocycles. The first-order valence-corrected chi connectivity index (χ1v) is 4.81. The molecule has 62 valence electrons. The van der Waals surface area contributed by atoms with Gasteiger partial charge in [-0.15, -0.1) is 11.6 Å². The minimum absolute atomic E-state index is 0.734. The molecule has 0 aliphatic rings. The van der Waals surface area contributed by atoms with E-state index in [2.05, 4.69) is 14.7 Å². The third-order valence-electron chi connectivity index (χ3n) is 1.20. The van der Waals surface area contributed by atoms with Crippen molar-refractivity contribution in [2.75, 3.05) is 17.7 Å². The predicted octanol–water partition coefficient (Wildman–Crippen LogP) is 1.97. The first kappa shape index (κ1) is 8.74. The van der Waals surface area contributed by atoms with Crippen LogP contribution < -0.4 is 5.32 Å². The first-order valence-electron chi connectivity index (χ1n) is 3.50. The molecule has 0 aromatic carbocycles. The summed E-state index contributed by atoms with van der Waals surface area (Å²) in [5.41, 5.74) is 0. The Hall–Kier alpha value is -0.350. The molecule has 1 aromatic rings. The number of rotatable bonds is 5. The smallest absolute Gasteiger partial charge is 0.202 e. The summed E-state index contributed by atoms with van der Waals surface area (Å²) in [4.78, 5) is 3.98. The minimum Gasteiger partial charge on any atom is -0.360 e. The molecule has 0 aliphatic carbocycles. The van der Waals surface area contributed by atoms with Crippen molar-refractivity contribution in [1.29, 1.82) is 0 Å². The lowest BCUT2D eigenvalue weighted by Crippen LogP contribution is -2.00. The van der Waals surface area contributed by atoms with Gasteiger partial charge in [-0.3, -0.25) is 0 Å². The highest BCUT2D eigenvalue weighted by Crippen LogP contribution is 2.06. The first-order chi connectivity index (χ1) is 5.43. The Kier molecular flexibility index (Phi) is 4.23. The third kappa shape index (κ3) is 3.53. The monoisotopic (exact) mass is 191 g/mol. The van der Waals surface area contributed by atoms with Gasteiger partial charge in [0.05, 0.1) is 0 Å². The Balaban J connectivity index is 2.04. The van der Waals surface area contributed by atoms with Crippen molar-refractivity contribution in [3.63, 3.8) is 0 Å². The van der Waals surface area contributed by atoms with Crippen LogP contribution in [0.1, 0.15) is 12.8 Å². The number of nitrogens with one attached hydrogen (secondary N) is 1. The van der Waals surface area contributed by atoms with Gasteiger partial charge in [-0.25, -0.2) is 4.98 Å². The van der Waals surface area contributed by atoms with E-state index in [1.807, 2.05) is 0 Å². The average Bonchev–Trinajstić information content (AvgIpc) is 2.50. The molecule has 1 N–H and O–H groups in total. The van der Waals surface area contributed by atoms with E-state index in [-0.39, 0.29) is 0 Å². The molecule has 0 radical (unpaired) electrons. The molecule has 1 heterocycles. The summed E-state index contributed by atoms with van der Waals surface area (Å²) in [5, 5.41) is 4.03. The molecule has 0 saturated heterocycles. The van der Waals surface area contributed by atoms with Gasteiger partial charge in [0.25, 0.3) is 0 Å². The minimum atomic E-state index is 0.734. The van der Waals surface area contributed by atoms with E-state index < -0.39 is 0 Å². The standard InChI is InChI=1S/C6H10ClN3S/c7-3-1-2-4-8-6-9-5-10-11-6/h5H,1-4H2,(H,8,9,10). The Labute approximate surface area is 75.0 Å². The van der Waals surface area contributed by atoms with Crippen molar-refractivity contribution in [3.05, 3.63) is 6.33 Å². The molecule has 0 fully saturated rings. The van der Waals surface area contributed by atoms with Crippen LogP contribution in [0.15, 0.2) is 6.33 Å². The van der Waals surface area contributed by atoms with E-state index in [4.69, 9.17) is 11.6 Å². The van der Waals surface area contributed by atoms with Crippen molar-refractivity contribution < 1.29 is 0 Å². The molecule has 0 spiro atoms. The van der Waals surface area contributed by atoms with Crippen LogP contribution >= 0.6 is 23.1 Å². The molecule has 1 rings (SSSR count). The quantitative estimate of drug-likeness (QED) is 0.571. The number of nitrogens with zero attached hydrogens (tertiary/aromatic N) is 2. The molecule has 5 heteroatoms. The summed E-state index contributed by atoms with van der Waals surface area (Å²) in [5.74, 6) is 0.734. The van der Waals surface area contributed by atoms with Crippen molar-refractivity contribution in [2.24, 2.45) is 0 Å². The summed E-state index contributed by atoms with van der Waals surface area (Å²) < 4.78 is 3.86. The summed E-state index contributed by atoms with van der Waals surface area (Å²) in [7, 11) is 0. The van der Waals surface area contributed by atoms with Crippen LogP contribution in [0.5, 0.6) is 0 Å². The van der Waals surface area contributed by atoms with E-state index in [9.17, 15) is 0 Å². The van der Waals surface area contributed by atoms with Gasteiger partial charge >= 0.3 is 0 Å². The summed E-state index contributed by atoms with van der Waals surface area (Å²) in [6.07, 6.45) is 3.69. The predicted molar refractivity (Wildman–Crippen MR) is 48.4 cm³/mol. The van der Waals surface area contributed by atoms with Crippen molar-refractivity contribution in [3.8, 4) is 0 Å². The lowest BCUT2D eigenvalue weighted by atomic mass is 10.3. The summed E-state index contributed by atoms with van der Waals surface area (Å²) >= 11 is 6.88. The molecule has 0 unspecified atom stereocenters. The molecule has 0 atom stereocenters. The molecule has 0 bridgehead atoms. The Morgan fingerprint density at radius 3 is 3.09 bits per heavy atom. The van der Waals surface area contributed by atoms with Gasteiger partial charge in [0, 0.05) is 24.0 Å². The van der Waals surface area contributed by atoms with Gasteiger partial charge in [-0.1, -0.05) is 0 Å². The Morgan fingerprint density at radius 1 is 1.55 bits per heavy atom. The van der Waals surface area contributed by atoms with Crippen LogP contribution in [0.2, 0.25) is 0 Å². The highest BCUT2D eigenvalue weighted by atomic mass is 35.5. The van der Waals surface area contributed by atoms with Crippen molar-refractivity contribution in [2.45, 2.75) is 12.8 Å². The second-order valence-corrected chi connectivity index (χ2v) is 3.23. The SMILES string of the molecule is ClCCCCNc1ncns1. The van der Waals surface area contributed by atoms with E-state index in [1.54, 1.807) is 6.33 Å². The number of alkyl halides is 1. The maximum atomic E-state index is 5.51. The van der Waals surface area contributed by atoms with Crippen LogP contribution in [-0.2, 0) is 0 Å². The largest absolute Gasteiger partial charge is 0.360 e.